The Morgan fingerprint density at radius 2 is 1.84 bits per heavy atom. The minimum Gasteiger partial charge on any atom is -0.489 e. The summed E-state index contributed by atoms with van der Waals surface area (Å²) in [6.45, 7) is 0.550. The molecule has 2 nitrogen and oxygen atoms in total. The summed E-state index contributed by atoms with van der Waals surface area (Å²) in [6.07, 6.45) is 0.626. The smallest absolute Gasteiger partial charge is 0.119 e. The number of halogens is 1. The lowest BCUT2D eigenvalue weighted by atomic mass is 10.1. The lowest BCUT2D eigenvalue weighted by Crippen LogP contribution is -2.10. The summed E-state index contributed by atoms with van der Waals surface area (Å²) < 4.78 is 6.78. The van der Waals surface area contributed by atoms with Crippen molar-refractivity contribution in [3.63, 3.8) is 0 Å². The highest BCUT2D eigenvalue weighted by Crippen LogP contribution is 2.16. The van der Waals surface area contributed by atoms with E-state index in [1.807, 2.05) is 48.5 Å². The van der Waals surface area contributed by atoms with Gasteiger partial charge in [0, 0.05) is 10.9 Å². The van der Waals surface area contributed by atoms with Crippen LogP contribution >= 0.6 is 28.1 Å². The van der Waals surface area contributed by atoms with Crippen LogP contribution in [0.3, 0.4) is 0 Å². The second-order valence-electron chi connectivity index (χ2n) is 4.21. The molecule has 19 heavy (non-hydrogen) atoms. The summed E-state index contributed by atoms with van der Waals surface area (Å²) in [6, 6.07) is 15.9. The molecule has 0 aliphatic carbocycles. The number of hydrogen-bond acceptors (Lipinski definition) is 2. The van der Waals surface area contributed by atoms with Crippen molar-refractivity contribution >= 4 is 33.1 Å². The Labute approximate surface area is 126 Å². The SMILES string of the molecule is NC(=S)Cc1ccc(OCc2cccc(Br)c2)cc1. The fourth-order valence-electron chi connectivity index (χ4n) is 1.70. The molecule has 2 rings (SSSR count). The molecule has 0 saturated carbocycles. The van der Waals surface area contributed by atoms with E-state index in [0.29, 0.717) is 18.0 Å². The first-order chi connectivity index (χ1) is 9.13. The molecule has 2 N–H and O–H groups in total. The zero-order chi connectivity index (χ0) is 13.7. The summed E-state index contributed by atoms with van der Waals surface area (Å²) in [5.74, 6) is 0.840. The van der Waals surface area contributed by atoms with Gasteiger partial charge in [0.05, 0.1) is 4.99 Å². The Hall–Kier alpha value is -1.39. The minimum absolute atomic E-state index is 0.503. The van der Waals surface area contributed by atoms with Crippen molar-refractivity contribution in [1.82, 2.24) is 0 Å². The van der Waals surface area contributed by atoms with Gasteiger partial charge in [-0.25, -0.2) is 0 Å². The summed E-state index contributed by atoms with van der Waals surface area (Å²) in [4.78, 5) is 0.503. The summed E-state index contributed by atoms with van der Waals surface area (Å²) in [7, 11) is 0. The summed E-state index contributed by atoms with van der Waals surface area (Å²) in [5, 5.41) is 0. The Morgan fingerprint density at radius 3 is 2.47 bits per heavy atom. The maximum absolute atomic E-state index is 5.72. The van der Waals surface area contributed by atoms with E-state index in [0.717, 1.165) is 21.3 Å². The van der Waals surface area contributed by atoms with Gasteiger partial charge in [-0.2, -0.15) is 0 Å². The van der Waals surface area contributed by atoms with Gasteiger partial charge >= 0.3 is 0 Å². The van der Waals surface area contributed by atoms with Crippen LogP contribution in [0.5, 0.6) is 5.75 Å². The molecule has 0 heterocycles. The molecule has 0 amide bonds. The normalized spacial score (nSPS) is 10.2. The highest BCUT2D eigenvalue weighted by Gasteiger charge is 1.99. The van der Waals surface area contributed by atoms with E-state index in [9.17, 15) is 0 Å². The van der Waals surface area contributed by atoms with E-state index in [4.69, 9.17) is 22.7 Å². The molecule has 2 aromatic carbocycles. The molecule has 0 saturated heterocycles. The van der Waals surface area contributed by atoms with Crippen LogP contribution in [0.15, 0.2) is 53.0 Å². The van der Waals surface area contributed by atoms with Gasteiger partial charge in [-0.1, -0.05) is 52.4 Å². The van der Waals surface area contributed by atoms with Crippen molar-refractivity contribution in [2.45, 2.75) is 13.0 Å². The van der Waals surface area contributed by atoms with Crippen molar-refractivity contribution in [3.8, 4) is 5.75 Å². The molecule has 4 heteroatoms. The van der Waals surface area contributed by atoms with Gasteiger partial charge < -0.3 is 10.5 Å². The summed E-state index contributed by atoms with van der Waals surface area (Å²) >= 11 is 8.32. The fraction of sp³-hybridized carbons (Fsp3) is 0.133. The van der Waals surface area contributed by atoms with Crippen molar-refractivity contribution in [2.24, 2.45) is 5.73 Å². The average molecular weight is 336 g/mol. The average Bonchev–Trinajstić information content (AvgIpc) is 2.37. The van der Waals surface area contributed by atoms with Gasteiger partial charge in [0.2, 0.25) is 0 Å². The first-order valence-corrected chi connectivity index (χ1v) is 7.08. The number of thiocarbonyl (C=S) groups is 1. The Kier molecular flexibility index (Phi) is 4.93. The molecule has 0 unspecified atom stereocenters. The number of ether oxygens (including phenoxy) is 1. The minimum atomic E-state index is 0.503. The van der Waals surface area contributed by atoms with E-state index in [2.05, 4.69) is 15.9 Å². The van der Waals surface area contributed by atoms with Crippen LogP contribution in [0.4, 0.5) is 0 Å². The largest absolute Gasteiger partial charge is 0.489 e. The molecule has 0 aromatic heterocycles. The maximum Gasteiger partial charge on any atom is 0.119 e. The molecule has 0 fully saturated rings. The van der Waals surface area contributed by atoms with Crippen LogP contribution < -0.4 is 10.5 Å². The van der Waals surface area contributed by atoms with Crippen LogP contribution in [0, 0.1) is 0 Å². The molecular weight excluding hydrogens is 322 g/mol. The first-order valence-electron chi connectivity index (χ1n) is 5.88. The molecular formula is C15H14BrNOS. The van der Waals surface area contributed by atoms with E-state index >= 15 is 0 Å². The third kappa shape index (κ3) is 4.65. The zero-order valence-corrected chi connectivity index (χ0v) is 12.7. The first kappa shape index (κ1) is 14.0. The lowest BCUT2D eigenvalue weighted by molar-refractivity contribution is 0.306. The lowest BCUT2D eigenvalue weighted by Gasteiger charge is -2.07. The van der Waals surface area contributed by atoms with Crippen molar-refractivity contribution in [3.05, 3.63) is 64.1 Å². The maximum atomic E-state index is 5.72. The van der Waals surface area contributed by atoms with Crippen LogP contribution in [-0.2, 0) is 13.0 Å². The van der Waals surface area contributed by atoms with Gasteiger partial charge in [-0.15, -0.1) is 0 Å². The Morgan fingerprint density at radius 1 is 1.11 bits per heavy atom. The number of benzene rings is 2. The van der Waals surface area contributed by atoms with Crippen LogP contribution in [0.25, 0.3) is 0 Å². The van der Waals surface area contributed by atoms with E-state index in [-0.39, 0.29) is 0 Å². The van der Waals surface area contributed by atoms with Gasteiger partial charge in [0.25, 0.3) is 0 Å². The van der Waals surface area contributed by atoms with Gasteiger partial charge in [-0.05, 0) is 35.4 Å². The molecule has 0 aliphatic rings. The third-order valence-electron chi connectivity index (χ3n) is 2.60. The quantitative estimate of drug-likeness (QED) is 0.842. The molecule has 0 bridgehead atoms. The van der Waals surface area contributed by atoms with E-state index in [1.165, 1.54) is 0 Å². The molecule has 2 aromatic rings. The van der Waals surface area contributed by atoms with Crippen molar-refractivity contribution < 1.29 is 4.74 Å². The second kappa shape index (κ2) is 6.68. The molecule has 0 radical (unpaired) electrons. The molecule has 0 spiro atoms. The standard InChI is InChI=1S/C15H14BrNOS/c16-13-3-1-2-12(8-13)10-18-14-6-4-11(5-7-14)9-15(17)19/h1-8H,9-10H2,(H2,17,19). The Balaban J connectivity index is 1.94. The number of rotatable bonds is 5. The number of nitrogens with two attached hydrogens (primary N) is 1. The van der Waals surface area contributed by atoms with Crippen LogP contribution in [0.2, 0.25) is 0 Å². The number of hydrogen-bond donors (Lipinski definition) is 1. The Bertz CT molecular complexity index is 569. The molecule has 0 aliphatic heterocycles. The van der Waals surface area contributed by atoms with E-state index < -0.39 is 0 Å². The highest BCUT2D eigenvalue weighted by atomic mass is 79.9. The summed E-state index contributed by atoms with van der Waals surface area (Å²) in [5.41, 5.74) is 7.73. The predicted molar refractivity (Wildman–Crippen MR) is 85.4 cm³/mol. The third-order valence-corrected chi connectivity index (χ3v) is 3.23. The monoisotopic (exact) mass is 335 g/mol. The van der Waals surface area contributed by atoms with E-state index in [1.54, 1.807) is 0 Å². The highest BCUT2D eigenvalue weighted by molar-refractivity contribution is 9.10. The second-order valence-corrected chi connectivity index (χ2v) is 5.65. The van der Waals surface area contributed by atoms with Crippen LogP contribution in [-0.4, -0.2) is 4.99 Å². The van der Waals surface area contributed by atoms with Gasteiger partial charge in [0.1, 0.15) is 12.4 Å². The van der Waals surface area contributed by atoms with Crippen molar-refractivity contribution in [2.75, 3.05) is 0 Å². The molecule has 0 atom stereocenters. The topological polar surface area (TPSA) is 35.2 Å². The van der Waals surface area contributed by atoms with Crippen LogP contribution in [0.1, 0.15) is 11.1 Å². The zero-order valence-electron chi connectivity index (χ0n) is 10.3. The van der Waals surface area contributed by atoms with Gasteiger partial charge in [0.15, 0.2) is 0 Å². The van der Waals surface area contributed by atoms with Crippen molar-refractivity contribution in [1.29, 1.82) is 0 Å². The fourth-order valence-corrected chi connectivity index (χ4v) is 2.31. The van der Waals surface area contributed by atoms with Gasteiger partial charge in [-0.3, -0.25) is 0 Å². The molecule has 98 valence electrons. The predicted octanol–water partition coefficient (Wildman–Crippen LogP) is 3.86.